The second-order valence-corrected chi connectivity index (χ2v) is 4.79. The molecule has 5 heteroatoms. The quantitative estimate of drug-likeness (QED) is 0.847. The number of hydrogen-bond donors (Lipinski definition) is 1. The molecule has 0 spiro atoms. The maximum Gasteiger partial charge on any atom is 0.144 e. The van der Waals surface area contributed by atoms with Crippen LogP contribution in [0.3, 0.4) is 0 Å². The Morgan fingerprint density at radius 1 is 1.11 bits per heavy atom. The van der Waals surface area contributed by atoms with E-state index in [2.05, 4.69) is 5.32 Å². The number of halogens is 3. The van der Waals surface area contributed by atoms with Gasteiger partial charge in [-0.15, -0.1) is 0 Å². The molecule has 1 atom stereocenters. The van der Waals surface area contributed by atoms with Gasteiger partial charge in [-0.25, -0.2) is 8.78 Å². The first kappa shape index (κ1) is 12.2. The first-order valence-corrected chi connectivity index (χ1v) is 6.14. The van der Waals surface area contributed by atoms with Crippen LogP contribution in [-0.4, -0.2) is 6.61 Å². The summed E-state index contributed by atoms with van der Waals surface area (Å²) < 4.78 is 32.0. The molecular weight excluding hydrogens is 272 g/mol. The van der Waals surface area contributed by atoms with Gasteiger partial charge in [0.1, 0.15) is 24.0 Å². The van der Waals surface area contributed by atoms with Gasteiger partial charge in [0, 0.05) is 17.2 Å². The number of nitrogens with one attached hydrogen (secondary N) is 1. The smallest absolute Gasteiger partial charge is 0.144 e. The fraction of sp³-hybridized carbons (Fsp3) is 0.143. The Morgan fingerprint density at radius 3 is 2.58 bits per heavy atom. The molecular formula is C14H10ClF2NO. The minimum absolute atomic E-state index is 0.288. The van der Waals surface area contributed by atoms with Crippen LogP contribution in [0, 0.1) is 11.6 Å². The van der Waals surface area contributed by atoms with Crippen molar-refractivity contribution < 1.29 is 13.5 Å². The fourth-order valence-corrected chi connectivity index (χ4v) is 2.26. The van der Waals surface area contributed by atoms with E-state index in [0.29, 0.717) is 16.3 Å². The third-order valence-corrected chi connectivity index (χ3v) is 3.20. The van der Waals surface area contributed by atoms with E-state index in [1.807, 2.05) is 0 Å². The van der Waals surface area contributed by atoms with Gasteiger partial charge in [0.2, 0.25) is 0 Å². The lowest BCUT2D eigenvalue weighted by Gasteiger charge is -2.28. The molecule has 0 saturated carbocycles. The van der Waals surface area contributed by atoms with E-state index in [-0.39, 0.29) is 12.6 Å². The third kappa shape index (κ3) is 2.49. The molecule has 1 N–H and O–H groups in total. The molecule has 0 saturated heterocycles. The van der Waals surface area contributed by atoms with E-state index in [9.17, 15) is 8.78 Å². The lowest BCUT2D eigenvalue weighted by molar-refractivity contribution is 0.286. The Balaban J connectivity index is 1.91. The summed E-state index contributed by atoms with van der Waals surface area (Å²) in [4.78, 5) is 0. The summed E-state index contributed by atoms with van der Waals surface area (Å²) in [5, 5.41) is 3.76. The number of rotatable bonds is 1. The molecule has 0 fully saturated rings. The molecule has 19 heavy (non-hydrogen) atoms. The van der Waals surface area contributed by atoms with E-state index in [1.165, 1.54) is 12.1 Å². The van der Waals surface area contributed by atoms with Crippen LogP contribution >= 0.6 is 11.6 Å². The first-order valence-electron chi connectivity index (χ1n) is 5.77. The Kier molecular flexibility index (Phi) is 3.03. The highest BCUT2D eigenvalue weighted by Gasteiger charge is 2.21. The van der Waals surface area contributed by atoms with Crippen LogP contribution in [0.4, 0.5) is 14.5 Å². The van der Waals surface area contributed by atoms with Crippen molar-refractivity contribution in [3.8, 4) is 5.75 Å². The molecule has 0 bridgehead atoms. The van der Waals surface area contributed by atoms with Crippen molar-refractivity contribution in [2.75, 3.05) is 11.9 Å². The maximum absolute atomic E-state index is 13.2. The zero-order chi connectivity index (χ0) is 13.4. The highest BCUT2D eigenvalue weighted by atomic mass is 35.5. The van der Waals surface area contributed by atoms with Crippen LogP contribution in [0.5, 0.6) is 5.75 Å². The summed E-state index contributed by atoms with van der Waals surface area (Å²) in [5.41, 5.74) is 1.27. The highest BCUT2D eigenvalue weighted by Crippen LogP contribution is 2.35. The monoisotopic (exact) mass is 281 g/mol. The van der Waals surface area contributed by atoms with Gasteiger partial charge >= 0.3 is 0 Å². The van der Waals surface area contributed by atoms with E-state index < -0.39 is 11.6 Å². The summed E-state index contributed by atoms with van der Waals surface area (Å²) in [5.74, 6) is -0.557. The molecule has 1 heterocycles. The van der Waals surface area contributed by atoms with Gasteiger partial charge in [0.25, 0.3) is 0 Å². The van der Waals surface area contributed by atoms with Crippen molar-refractivity contribution >= 4 is 17.3 Å². The number of anilines is 1. The summed E-state index contributed by atoms with van der Waals surface area (Å²) in [6.07, 6.45) is 0. The third-order valence-electron chi connectivity index (χ3n) is 2.97. The summed E-state index contributed by atoms with van der Waals surface area (Å²) in [6.45, 7) is 0.288. The second-order valence-electron chi connectivity index (χ2n) is 4.35. The average molecular weight is 282 g/mol. The SMILES string of the molecule is Fc1cc(F)cc([C@@H]2COc3cc(Cl)ccc3N2)c1. The van der Waals surface area contributed by atoms with Crippen molar-refractivity contribution in [2.24, 2.45) is 0 Å². The zero-order valence-corrected chi connectivity index (χ0v) is 10.5. The Morgan fingerprint density at radius 2 is 1.84 bits per heavy atom. The normalized spacial score (nSPS) is 17.3. The molecule has 0 aliphatic carbocycles. The zero-order valence-electron chi connectivity index (χ0n) is 9.79. The highest BCUT2D eigenvalue weighted by molar-refractivity contribution is 6.30. The van der Waals surface area contributed by atoms with E-state index in [4.69, 9.17) is 16.3 Å². The molecule has 98 valence electrons. The summed E-state index contributed by atoms with van der Waals surface area (Å²) >= 11 is 5.86. The minimum atomic E-state index is -0.598. The second kappa shape index (κ2) is 4.70. The van der Waals surface area contributed by atoms with Crippen molar-refractivity contribution in [1.29, 1.82) is 0 Å². The molecule has 0 aromatic heterocycles. The van der Waals surface area contributed by atoms with Crippen LogP contribution in [0.15, 0.2) is 36.4 Å². The van der Waals surface area contributed by atoms with Crippen LogP contribution in [-0.2, 0) is 0 Å². The number of fused-ring (bicyclic) bond motifs is 1. The van der Waals surface area contributed by atoms with E-state index in [0.717, 1.165) is 11.8 Å². The van der Waals surface area contributed by atoms with Crippen molar-refractivity contribution in [1.82, 2.24) is 0 Å². The van der Waals surface area contributed by atoms with Gasteiger partial charge in [-0.2, -0.15) is 0 Å². The number of hydrogen-bond acceptors (Lipinski definition) is 2. The topological polar surface area (TPSA) is 21.3 Å². The van der Waals surface area contributed by atoms with Gasteiger partial charge in [0.15, 0.2) is 0 Å². The van der Waals surface area contributed by atoms with E-state index in [1.54, 1.807) is 18.2 Å². The molecule has 2 nitrogen and oxygen atoms in total. The van der Waals surface area contributed by atoms with Crippen LogP contribution in [0.2, 0.25) is 5.02 Å². The Hall–Kier alpha value is -1.81. The molecule has 0 amide bonds. The maximum atomic E-state index is 13.2. The first-order chi connectivity index (χ1) is 9.11. The lowest BCUT2D eigenvalue weighted by Crippen LogP contribution is -2.24. The van der Waals surface area contributed by atoms with Crippen molar-refractivity contribution in [2.45, 2.75) is 6.04 Å². The predicted molar refractivity (Wildman–Crippen MR) is 69.7 cm³/mol. The molecule has 0 radical (unpaired) electrons. The lowest BCUT2D eigenvalue weighted by atomic mass is 10.1. The molecule has 0 unspecified atom stereocenters. The molecule has 1 aliphatic heterocycles. The van der Waals surface area contributed by atoms with Gasteiger partial charge in [-0.1, -0.05) is 11.6 Å². The van der Waals surface area contributed by atoms with Crippen LogP contribution in [0.25, 0.3) is 0 Å². The fourth-order valence-electron chi connectivity index (χ4n) is 2.09. The molecule has 2 aromatic carbocycles. The van der Waals surface area contributed by atoms with Crippen molar-refractivity contribution in [3.63, 3.8) is 0 Å². The Labute approximate surface area is 114 Å². The average Bonchev–Trinajstić information content (AvgIpc) is 2.37. The molecule has 3 rings (SSSR count). The van der Waals surface area contributed by atoms with Crippen LogP contribution in [0.1, 0.15) is 11.6 Å². The van der Waals surface area contributed by atoms with Gasteiger partial charge in [-0.3, -0.25) is 0 Å². The van der Waals surface area contributed by atoms with Crippen molar-refractivity contribution in [3.05, 3.63) is 58.6 Å². The van der Waals surface area contributed by atoms with Gasteiger partial charge < -0.3 is 10.1 Å². The minimum Gasteiger partial charge on any atom is -0.489 e. The predicted octanol–water partition coefficient (Wildman–Crippen LogP) is 4.16. The van der Waals surface area contributed by atoms with Crippen LogP contribution < -0.4 is 10.1 Å². The summed E-state index contributed by atoms with van der Waals surface area (Å²) in [6, 6.07) is 8.35. The standard InChI is InChI=1S/C14H10ClF2NO/c15-9-1-2-12-14(5-9)19-7-13(18-12)8-3-10(16)6-11(17)4-8/h1-6,13,18H,7H2/t13-/m0/s1. The summed E-state index contributed by atoms with van der Waals surface area (Å²) in [7, 11) is 0. The number of ether oxygens (including phenoxy) is 1. The number of benzene rings is 2. The van der Waals surface area contributed by atoms with Gasteiger partial charge in [0.05, 0.1) is 11.7 Å². The Bertz CT molecular complexity index is 613. The largest absolute Gasteiger partial charge is 0.489 e. The molecule has 1 aliphatic rings. The van der Waals surface area contributed by atoms with Gasteiger partial charge in [-0.05, 0) is 29.8 Å². The van der Waals surface area contributed by atoms with E-state index >= 15 is 0 Å². The molecule has 2 aromatic rings.